The molecule has 1 aliphatic heterocycles. The second-order valence-electron chi connectivity index (χ2n) is 5.13. The molecule has 1 amide bonds. The van der Waals surface area contributed by atoms with Crippen molar-refractivity contribution in [3.63, 3.8) is 0 Å². The van der Waals surface area contributed by atoms with Crippen LogP contribution in [-0.4, -0.2) is 29.6 Å². The van der Waals surface area contributed by atoms with E-state index in [1.165, 1.54) is 0 Å². The highest BCUT2D eigenvalue weighted by Gasteiger charge is 2.27. The molecule has 1 heterocycles. The molecule has 0 aliphatic carbocycles. The van der Waals surface area contributed by atoms with Crippen molar-refractivity contribution in [2.75, 3.05) is 11.9 Å². The van der Waals surface area contributed by atoms with Crippen LogP contribution in [0.15, 0.2) is 24.3 Å². The van der Waals surface area contributed by atoms with Crippen LogP contribution in [0.4, 0.5) is 5.69 Å². The Labute approximate surface area is 118 Å². The third-order valence-corrected chi connectivity index (χ3v) is 3.60. The Balaban J connectivity index is 1.86. The van der Waals surface area contributed by atoms with Gasteiger partial charge in [-0.1, -0.05) is 31.5 Å². The minimum Gasteiger partial charge on any atom is -0.481 e. The highest BCUT2D eigenvalue weighted by molar-refractivity contribution is 5.87. The van der Waals surface area contributed by atoms with Crippen LogP contribution >= 0.6 is 0 Å². The van der Waals surface area contributed by atoms with Gasteiger partial charge in [0.1, 0.15) is 6.04 Å². The lowest BCUT2D eigenvalue weighted by atomic mass is 10.0. The van der Waals surface area contributed by atoms with Crippen LogP contribution in [0.1, 0.15) is 25.3 Å². The van der Waals surface area contributed by atoms with Gasteiger partial charge in [0, 0.05) is 18.7 Å². The van der Waals surface area contributed by atoms with E-state index in [4.69, 9.17) is 5.11 Å². The van der Waals surface area contributed by atoms with Crippen molar-refractivity contribution < 1.29 is 14.7 Å². The summed E-state index contributed by atoms with van der Waals surface area (Å²) in [6, 6.07) is 7.51. The number of aliphatic carboxylic acids is 1. The first-order valence-corrected chi connectivity index (χ1v) is 6.96. The molecule has 5 heteroatoms. The highest BCUT2D eigenvalue weighted by atomic mass is 16.4. The number of carbonyl (C=O) groups is 2. The Kier molecular flexibility index (Phi) is 4.61. The minimum atomic E-state index is -0.852. The molecule has 1 aromatic rings. The van der Waals surface area contributed by atoms with E-state index in [1.54, 1.807) is 0 Å². The summed E-state index contributed by atoms with van der Waals surface area (Å²) in [6.45, 7) is 2.13. The van der Waals surface area contributed by atoms with Crippen LogP contribution in [-0.2, 0) is 16.0 Å². The summed E-state index contributed by atoms with van der Waals surface area (Å²) in [5.74, 6) is -1.49. The topological polar surface area (TPSA) is 78.4 Å². The Morgan fingerprint density at radius 3 is 2.85 bits per heavy atom. The monoisotopic (exact) mass is 276 g/mol. The largest absolute Gasteiger partial charge is 0.481 e. The van der Waals surface area contributed by atoms with Gasteiger partial charge in [0.15, 0.2) is 0 Å². The average Bonchev–Trinajstić information content (AvgIpc) is 2.86. The first-order chi connectivity index (χ1) is 9.61. The number of amides is 1. The lowest BCUT2D eigenvalue weighted by Crippen LogP contribution is -2.41. The fraction of sp³-hybridized carbons (Fsp3) is 0.467. The second kappa shape index (κ2) is 6.41. The molecule has 0 aromatic heterocycles. The Morgan fingerprint density at radius 2 is 2.20 bits per heavy atom. The van der Waals surface area contributed by atoms with Gasteiger partial charge < -0.3 is 15.7 Å². The third kappa shape index (κ3) is 3.29. The van der Waals surface area contributed by atoms with Gasteiger partial charge in [-0.3, -0.25) is 9.59 Å². The number of rotatable bonds is 6. The summed E-state index contributed by atoms with van der Waals surface area (Å²) < 4.78 is 0. The van der Waals surface area contributed by atoms with E-state index in [9.17, 15) is 9.59 Å². The van der Waals surface area contributed by atoms with Crippen LogP contribution in [0, 0.1) is 5.92 Å². The van der Waals surface area contributed by atoms with E-state index in [1.807, 2.05) is 31.2 Å². The summed E-state index contributed by atoms with van der Waals surface area (Å²) in [6.07, 6.45) is 2.02. The fourth-order valence-electron chi connectivity index (χ4n) is 2.46. The average molecular weight is 276 g/mol. The van der Waals surface area contributed by atoms with Gasteiger partial charge in [-0.2, -0.15) is 0 Å². The van der Waals surface area contributed by atoms with E-state index in [-0.39, 0.29) is 18.5 Å². The lowest BCUT2D eigenvalue weighted by Gasteiger charge is -2.15. The number of fused-ring (bicyclic) bond motifs is 1. The molecule has 0 spiro atoms. The molecule has 20 heavy (non-hydrogen) atoms. The molecule has 1 aromatic carbocycles. The fourth-order valence-corrected chi connectivity index (χ4v) is 2.46. The molecule has 0 fully saturated rings. The Bertz CT molecular complexity index is 477. The van der Waals surface area contributed by atoms with Gasteiger partial charge in [-0.15, -0.1) is 0 Å². The summed E-state index contributed by atoms with van der Waals surface area (Å²) in [4.78, 5) is 23.1. The first-order valence-electron chi connectivity index (χ1n) is 6.96. The molecule has 0 saturated carbocycles. The normalized spacial score (nSPS) is 17.9. The molecule has 0 radical (unpaired) electrons. The first kappa shape index (κ1) is 14.4. The van der Waals surface area contributed by atoms with Crippen molar-refractivity contribution in [2.24, 2.45) is 5.92 Å². The smallest absolute Gasteiger partial charge is 0.308 e. The predicted octanol–water partition coefficient (Wildman–Crippen LogP) is 1.64. The SMILES string of the molecule is CCCC(CNC(=O)[C@@H]1Cc2ccccc2N1)C(=O)O. The maximum Gasteiger partial charge on any atom is 0.308 e. The molecule has 0 saturated heterocycles. The maximum absolute atomic E-state index is 12.1. The summed E-state index contributed by atoms with van der Waals surface area (Å²) in [5.41, 5.74) is 2.10. The van der Waals surface area contributed by atoms with E-state index in [0.717, 1.165) is 17.7 Å². The van der Waals surface area contributed by atoms with Crippen LogP contribution in [0.2, 0.25) is 0 Å². The van der Waals surface area contributed by atoms with E-state index < -0.39 is 11.9 Å². The maximum atomic E-state index is 12.1. The predicted molar refractivity (Wildman–Crippen MR) is 76.6 cm³/mol. The zero-order valence-corrected chi connectivity index (χ0v) is 11.6. The zero-order valence-electron chi connectivity index (χ0n) is 11.6. The van der Waals surface area contributed by atoms with Crippen LogP contribution < -0.4 is 10.6 Å². The summed E-state index contributed by atoms with van der Waals surface area (Å²) in [7, 11) is 0. The molecule has 1 unspecified atom stereocenters. The standard InChI is InChI=1S/C15H20N2O3/c1-2-5-11(15(19)20)9-16-14(18)13-8-10-6-3-4-7-12(10)17-13/h3-4,6-7,11,13,17H,2,5,8-9H2,1H3,(H,16,18)(H,19,20)/t11?,13-/m0/s1. The number of para-hydroxylation sites is 1. The second-order valence-corrected chi connectivity index (χ2v) is 5.13. The van der Waals surface area contributed by atoms with Crippen LogP contribution in [0.3, 0.4) is 0 Å². The molecule has 2 atom stereocenters. The van der Waals surface area contributed by atoms with Gasteiger partial charge in [0.05, 0.1) is 5.92 Å². The van der Waals surface area contributed by atoms with Gasteiger partial charge >= 0.3 is 5.97 Å². The van der Waals surface area contributed by atoms with Crippen molar-refractivity contribution in [2.45, 2.75) is 32.2 Å². The Morgan fingerprint density at radius 1 is 1.45 bits per heavy atom. The third-order valence-electron chi connectivity index (χ3n) is 3.60. The molecular weight excluding hydrogens is 256 g/mol. The van der Waals surface area contributed by atoms with Crippen molar-refractivity contribution in [1.29, 1.82) is 0 Å². The van der Waals surface area contributed by atoms with Crippen molar-refractivity contribution in [1.82, 2.24) is 5.32 Å². The lowest BCUT2D eigenvalue weighted by molar-refractivity contribution is -0.141. The minimum absolute atomic E-state index is 0.136. The number of hydrogen-bond donors (Lipinski definition) is 3. The summed E-state index contributed by atoms with van der Waals surface area (Å²) in [5, 5.41) is 15.0. The zero-order chi connectivity index (χ0) is 14.5. The molecule has 0 bridgehead atoms. The number of anilines is 1. The summed E-state index contributed by atoms with van der Waals surface area (Å²) >= 11 is 0. The van der Waals surface area contributed by atoms with Crippen molar-refractivity contribution in [3.8, 4) is 0 Å². The van der Waals surface area contributed by atoms with Crippen LogP contribution in [0.25, 0.3) is 0 Å². The van der Waals surface area contributed by atoms with E-state index in [0.29, 0.717) is 12.8 Å². The van der Waals surface area contributed by atoms with Gasteiger partial charge in [-0.05, 0) is 18.1 Å². The number of carboxylic acid groups (broad SMARTS) is 1. The Hall–Kier alpha value is -2.04. The number of nitrogens with one attached hydrogen (secondary N) is 2. The molecular formula is C15H20N2O3. The van der Waals surface area contributed by atoms with Gasteiger partial charge in [0.2, 0.25) is 5.91 Å². The number of carbonyl (C=O) groups excluding carboxylic acids is 1. The molecule has 3 N–H and O–H groups in total. The number of benzene rings is 1. The van der Waals surface area contributed by atoms with E-state index in [2.05, 4.69) is 10.6 Å². The molecule has 108 valence electrons. The molecule has 2 rings (SSSR count). The molecule has 1 aliphatic rings. The van der Waals surface area contributed by atoms with Gasteiger partial charge in [-0.25, -0.2) is 0 Å². The van der Waals surface area contributed by atoms with Crippen molar-refractivity contribution in [3.05, 3.63) is 29.8 Å². The van der Waals surface area contributed by atoms with Crippen LogP contribution in [0.5, 0.6) is 0 Å². The molecule has 5 nitrogen and oxygen atoms in total. The van der Waals surface area contributed by atoms with Gasteiger partial charge in [0.25, 0.3) is 0 Å². The number of hydrogen-bond acceptors (Lipinski definition) is 3. The highest BCUT2D eigenvalue weighted by Crippen LogP contribution is 2.25. The van der Waals surface area contributed by atoms with Crippen molar-refractivity contribution >= 4 is 17.6 Å². The quantitative estimate of drug-likeness (QED) is 0.738. The van der Waals surface area contributed by atoms with E-state index >= 15 is 0 Å². The number of carboxylic acids is 1.